The first-order valence-corrected chi connectivity index (χ1v) is 6.42. The Bertz CT molecular complexity index is 462. The molecule has 1 aliphatic heterocycles. The van der Waals surface area contributed by atoms with Crippen molar-refractivity contribution in [3.05, 3.63) is 29.8 Å². The minimum absolute atomic E-state index is 0.0180. The zero-order valence-corrected chi connectivity index (χ0v) is 11.0. The third-order valence-electron chi connectivity index (χ3n) is 3.68. The van der Waals surface area contributed by atoms with E-state index in [0.29, 0.717) is 12.5 Å². The Labute approximate surface area is 109 Å². The Morgan fingerprint density at radius 1 is 1.44 bits per heavy atom. The number of benzene rings is 1. The first-order chi connectivity index (χ1) is 8.53. The Morgan fingerprint density at radius 3 is 2.89 bits per heavy atom. The summed E-state index contributed by atoms with van der Waals surface area (Å²) in [5.41, 5.74) is 7.10. The van der Waals surface area contributed by atoms with Crippen molar-refractivity contribution in [3.63, 3.8) is 0 Å². The van der Waals surface area contributed by atoms with Gasteiger partial charge >= 0.3 is 0 Å². The first-order valence-electron chi connectivity index (χ1n) is 6.42. The Hall–Kier alpha value is -1.53. The molecule has 0 aliphatic carbocycles. The van der Waals surface area contributed by atoms with Crippen molar-refractivity contribution in [1.29, 1.82) is 5.26 Å². The third kappa shape index (κ3) is 2.65. The highest BCUT2D eigenvalue weighted by atomic mass is 16.5. The van der Waals surface area contributed by atoms with Crippen LogP contribution in [-0.2, 0) is 0 Å². The fourth-order valence-corrected chi connectivity index (χ4v) is 2.31. The smallest absolute Gasteiger partial charge is 0.124 e. The molecular weight excluding hydrogens is 224 g/mol. The summed E-state index contributed by atoms with van der Waals surface area (Å²) in [5, 5.41) is 9.03. The second-order valence-corrected chi connectivity index (χ2v) is 5.67. The highest BCUT2D eigenvalue weighted by Crippen LogP contribution is 2.37. The summed E-state index contributed by atoms with van der Waals surface area (Å²) in [5.74, 6) is 1.20. The van der Waals surface area contributed by atoms with Crippen molar-refractivity contribution < 1.29 is 4.74 Å². The first kappa shape index (κ1) is 12.9. The zero-order chi connectivity index (χ0) is 13.2. The van der Waals surface area contributed by atoms with Crippen LogP contribution >= 0.6 is 0 Å². The van der Waals surface area contributed by atoms with E-state index in [1.165, 1.54) is 0 Å². The average molecular weight is 244 g/mol. The third-order valence-corrected chi connectivity index (χ3v) is 3.68. The second-order valence-electron chi connectivity index (χ2n) is 5.67. The van der Waals surface area contributed by atoms with E-state index in [-0.39, 0.29) is 11.5 Å². The highest BCUT2D eigenvalue weighted by Gasteiger charge is 2.29. The van der Waals surface area contributed by atoms with Crippen molar-refractivity contribution >= 4 is 0 Å². The number of hydrogen-bond donors (Lipinski definition) is 1. The number of ether oxygens (including phenoxy) is 1. The Kier molecular flexibility index (Phi) is 3.58. The lowest BCUT2D eigenvalue weighted by atomic mass is 9.81. The lowest BCUT2D eigenvalue weighted by Gasteiger charge is -2.32. The number of nitrogens with two attached hydrogens (primary N) is 1. The molecule has 3 nitrogen and oxygen atoms in total. The van der Waals surface area contributed by atoms with Crippen LogP contribution < -0.4 is 10.5 Å². The molecule has 0 spiro atoms. The molecule has 0 radical (unpaired) electrons. The standard InChI is InChI=1S/C15H20N2O/c1-15(2,10-16)8-7-11-9-18-13-6-4-3-5-12(13)14(11)17/h3-6,11,14H,7-9,17H2,1-2H3/t11-,14+/m1/s1. The van der Waals surface area contributed by atoms with Gasteiger partial charge in [0.25, 0.3) is 0 Å². The molecule has 0 fully saturated rings. The SMILES string of the molecule is CC(C)(C#N)CC[C@@H]1COc2ccccc2[C@H]1N. The summed E-state index contributed by atoms with van der Waals surface area (Å²) in [6.45, 7) is 4.59. The number of para-hydroxylation sites is 1. The molecule has 3 heteroatoms. The van der Waals surface area contributed by atoms with Crippen molar-refractivity contribution in [2.24, 2.45) is 17.1 Å². The van der Waals surface area contributed by atoms with Crippen molar-refractivity contribution in [2.75, 3.05) is 6.61 Å². The van der Waals surface area contributed by atoms with E-state index in [9.17, 15) is 0 Å². The number of nitrogens with zero attached hydrogens (tertiary/aromatic N) is 1. The molecule has 0 saturated heterocycles. The number of nitriles is 1. The molecule has 2 N–H and O–H groups in total. The fourth-order valence-electron chi connectivity index (χ4n) is 2.31. The summed E-state index contributed by atoms with van der Waals surface area (Å²) in [7, 11) is 0. The van der Waals surface area contributed by atoms with Gasteiger partial charge in [0, 0.05) is 17.5 Å². The van der Waals surface area contributed by atoms with E-state index in [4.69, 9.17) is 15.7 Å². The van der Waals surface area contributed by atoms with Gasteiger partial charge in [-0.1, -0.05) is 18.2 Å². The predicted molar refractivity (Wildman–Crippen MR) is 71.0 cm³/mol. The van der Waals surface area contributed by atoms with Gasteiger partial charge in [0.2, 0.25) is 0 Å². The molecule has 1 aromatic rings. The second kappa shape index (κ2) is 4.99. The summed E-state index contributed by atoms with van der Waals surface area (Å²) in [4.78, 5) is 0. The summed E-state index contributed by atoms with van der Waals surface area (Å²) < 4.78 is 5.74. The molecular formula is C15H20N2O. The van der Waals surface area contributed by atoms with Gasteiger partial charge in [0.05, 0.1) is 18.1 Å². The van der Waals surface area contributed by atoms with Crippen LogP contribution in [0.5, 0.6) is 5.75 Å². The molecule has 96 valence electrons. The lowest BCUT2D eigenvalue weighted by molar-refractivity contribution is 0.175. The maximum atomic E-state index is 9.03. The van der Waals surface area contributed by atoms with E-state index < -0.39 is 0 Å². The van der Waals surface area contributed by atoms with E-state index in [1.807, 2.05) is 38.1 Å². The molecule has 1 heterocycles. The summed E-state index contributed by atoms with van der Waals surface area (Å²) >= 11 is 0. The molecule has 0 bridgehead atoms. The van der Waals surface area contributed by atoms with Crippen molar-refractivity contribution in [3.8, 4) is 11.8 Å². The minimum Gasteiger partial charge on any atom is -0.493 e. The van der Waals surface area contributed by atoms with Gasteiger partial charge in [-0.2, -0.15) is 5.26 Å². The maximum absolute atomic E-state index is 9.03. The van der Waals surface area contributed by atoms with E-state index in [0.717, 1.165) is 24.2 Å². The molecule has 1 aliphatic rings. The minimum atomic E-state index is -0.281. The van der Waals surface area contributed by atoms with Crippen LogP contribution in [0.3, 0.4) is 0 Å². The van der Waals surface area contributed by atoms with Crippen LogP contribution in [0.2, 0.25) is 0 Å². The number of hydrogen-bond acceptors (Lipinski definition) is 3. The normalized spacial score (nSPS) is 22.8. The molecule has 2 rings (SSSR count). The van der Waals surface area contributed by atoms with E-state index in [1.54, 1.807) is 0 Å². The number of rotatable bonds is 3. The zero-order valence-electron chi connectivity index (χ0n) is 11.0. The van der Waals surface area contributed by atoms with Crippen molar-refractivity contribution in [1.82, 2.24) is 0 Å². The summed E-state index contributed by atoms with van der Waals surface area (Å²) in [6, 6.07) is 10.3. The van der Waals surface area contributed by atoms with Gasteiger partial charge in [-0.3, -0.25) is 0 Å². The molecule has 0 unspecified atom stereocenters. The van der Waals surface area contributed by atoms with Gasteiger partial charge in [0.15, 0.2) is 0 Å². The monoisotopic (exact) mass is 244 g/mol. The lowest BCUT2D eigenvalue weighted by Crippen LogP contribution is -2.32. The highest BCUT2D eigenvalue weighted by molar-refractivity contribution is 5.37. The summed E-state index contributed by atoms with van der Waals surface area (Å²) in [6.07, 6.45) is 1.78. The molecule has 2 atom stereocenters. The molecule has 1 aromatic carbocycles. The maximum Gasteiger partial charge on any atom is 0.124 e. The van der Waals surface area contributed by atoms with Crippen LogP contribution in [0.1, 0.15) is 38.3 Å². The quantitative estimate of drug-likeness (QED) is 0.889. The van der Waals surface area contributed by atoms with Crippen LogP contribution in [0.4, 0.5) is 0 Å². The van der Waals surface area contributed by atoms with Crippen LogP contribution in [0.25, 0.3) is 0 Å². The molecule has 18 heavy (non-hydrogen) atoms. The van der Waals surface area contributed by atoms with E-state index >= 15 is 0 Å². The van der Waals surface area contributed by atoms with Gasteiger partial charge in [-0.05, 0) is 32.8 Å². The molecule has 0 amide bonds. The predicted octanol–water partition coefficient (Wildman–Crippen LogP) is 3.02. The van der Waals surface area contributed by atoms with Crippen LogP contribution in [-0.4, -0.2) is 6.61 Å². The number of fused-ring (bicyclic) bond motifs is 1. The molecule has 0 saturated carbocycles. The topological polar surface area (TPSA) is 59.0 Å². The fraction of sp³-hybridized carbons (Fsp3) is 0.533. The van der Waals surface area contributed by atoms with Gasteiger partial charge < -0.3 is 10.5 Å². The van der Waals surface area contributed by atoms with Crippen molar-refractivity contribution in [2.45, 2.75) is 32.7 Å². The average Bonchev–Trinajstić information content (AvgIpc) is 2.38. The van der Waals surface area contributed by atoms with Gasteiger partial charge in [0.1, 0.15) is 5.75 Å². The van der Waals surface area contributed by atoms with Crippen LogP contribution in [0.15, 0.2) is 24.3 Å². The van der Waals surface area contributed by atoms with Gasteiger partial charge in [-0.15, -0.1) is 0 Å². The van der Waals surface area contributed by atoms with Gasteiger partial charge in [-0.25, -0.2) is 0 Å². The Morgan fingerprint density at radius 2 is 2.17 bits per heavy atom. The van der Waals surface area contributed by atoms with E-state index in [2.05, 4.69) is 6.07 Å². The largest absolute Gasteiger partial charge is 0.493 e. The Balaban J connectivity index is 2.04. The molecule has 0 aromatic heterocycles. The van der Waals surface area contributed by atoms with Crippen LogP contribution in [0, 0.1) is 22.7 Å².